The third-order valence-electron chi connectivity index (χ3n) is 3.99. The molecule has 6 nitrogen and oxygen atoms in total. The Hall–Kier alpha value is -2.71. The van der Waals surface area contributed by atoms with Crippen molar-refractivity contribution in [1.29, 1.82) is 0 Å². The number of fused-ring (bicyclic) bond motifs is 1. The number of aromatic nitrogens is 4. The minimum atomic E-state index is -0.0221. The van der Waals surface area contributed by atoms with Crippen molar-refractivity contribution < 1.29 is 4.79 Å². The van der Waals surface area contributed by atoms with E-state index in [4.69, 9.17) is 0 Å². The molecule has 0 aliphatic rings. The summed E-state index contributed by atoms with van der Waals surface area (Å²) in [5.41, 5.74) is 2.86. The lowest BCUT2D eigenvalue weighted by Gasteiger charge is -2.05. The number of hydrogen-bond acceptors (Lipinski definition) is 6. The maximum atomic E-state index is 12.1. The van der Waals surface area contributed by atoms with Gasteiger partial charge in [-0.2, -0.15) is 5.10 Å². The lowest BCUT2D eigenvalue weighted by atomic mass is 10.2. The van der Waals surface area contributed by atoms with Crippen LogP contribution in [0.2, 0.25) is 0 Å². The van der Waals surface area contributed by atoms with Gasteiger partial charge >= 0.3 is 0 Å². The van der Waals surface area contributed by atoms with Crippen LogP contribution < -0.4 is 5.32 Å². The van der Waals surface area contributed by atoms with Crippen LogP contribution >= 0.6 is 23.1 Å². The van der Waals surface area contributed by atoms with Gasteiger partial charge in [0.2, 0.25) is 5.91 Å². The van der Waals surface area contributed by atoms with E-state index in [1.54, 1.807) is 22.2 Å². The third kappa shape index (κ3) is 4.01. The topological polar surface area (TPSA) is 72.7 Å². The number of aryl methyl sites for hydroxylation is 1. The van der Waals surface area contributed by atoms with Crippen molar-refractivity contribution >= 4 is 40.0 Å². The first-order valence-electron chi connectivity index (χ1n) is 8.38. The van der Waals surface area contributed by atoms with E-state index in [9.17, 15) is 4.79 Å². The van der Waals surface area contributed by atoms with Crippen LogP contribution in [0.25, 0.3) is 16.7 Å². The summed E-state index contributed by atoms with van der Waals surface area (Å²) in [5.74, 6) is 0.277. The maximum absolute atomic E-state index is 12.1. The SMILES string of the molecule is Cc1ccc(-n2ncc3c(SCC(=O)NCc4cccs4)ncnc32)cc1. The Labute approximate surface area is 164 Å². The Morgan fingerprint density at radius 1 is 1.22 bits per heavy atom. The van der Waals surface area contributed by atoms with Gasteiger partial charge in [-0.1, -0.05) is 35.5 Å². The molecule has 1 aromatic carbocycles. The number of thiophene rings is 1. The van der Waals surface area contributed by atoms with Crippen LogP contribution in [0.4, 0.5) is 0 Å². The number of thioether (sulfide) groups is 1. The molecule has 136 valence electrons. The molecule has 0 saturated heterocycles. The first-order valence-corrected chi connectivity index (χ1v) is 10.2. The fourth-order valence-electron chi connectivity index (χ4n) is 2.60. The molecule has 3 heterocycles. The highest BCUT2D eigenvalue weighted by Crippen LogP contribution is 2.25. The van der Waals surface area contributed by atoms with E-state index in [1.807, 2.05) is 48.7 Å². The molecule has 0 atom stereocenters. The zero-order valence-corrected chi connectivity index (χ0v) is 16.3. The molecule has 0 bridgehead atoms. The number of nitrogens with one attached hydrogen (secondary N) is 1. The van der Waals surface area contributed by atoms with E-state index >= 15 is 0 Å². The summed E-state index contributed by atoms with van der Waals surface area (Å²) in [6, 6.07) is 12.1. The second-order valence-corrected chi connectivity index (χ2v) is 7.95. The number of hydrogen-bond donors (Lipinski definition) is 1. The molecule has 0 saturated carbocycles. The minimum absolute atomic E-state index is 0.0221. The molecule has 0 fully saturated rings. The lowest BCUT2D eigenvalue weighted by Crippen LogP contribution is -2.24. The Balaban J connectivity index is 1.48. The van der Waals surface area contributed by atoms with Gasteiger partial charge in [-0.05, 0) is 30.5 Å². The third-order valence-corrected chi connectivity index (χ3v) is 5.87. The van der Waals surface area contributed by atoms with Gasteiger partial charge in [0.05, 0.1) is 29.6 Å². The highest BCUT2D eigenvalue weighted by atomic mass is 32.2. The smallest absolute Gasteiger partial charge is 0.230 e. The van der Waals surface area contributed by atoms with E-state index in [2.05, 4.69) is 20.4 Å². The van der Waals surface area contributed by atoms with Crippen LogP contribution in [0.15, 0.2) is 59.3 Å². The van der Waals surface area contributed by atoms with Crippen molar-refractivity contribution in [2.45, 2.75) is 18.5 Å². The summed E-state index contributed by atoms with van der Waals surface area (Å²) in [6.45, 7) is 2.60. The Bertz CT molecular complexity index is 1060. The second-order valence-electron chi connectivity index (χ2n) is 5.95. The number of carbonyl (C=O) groups excluding carboxylic acids is 1. The fourth-order valence-corrected chi connectivity index (χ4v) is 4.03. The summed E-state index contributed by atoms with van der Waals surface area (Å²) in [5, 5.41) is 11.0. The summed E-state index contributed by atoms with van der Waals surface area (Å²) in [6.07, 6.45) is 3.27. The molecule has 3 aromatic heterocycles. The minimum Gasteiger partial charge on any atom is -0.350 e. The van der Waals surface area contributed by atoms with Crippen molar-refractivity contribution in [3.8, 4) is 5.69 Å². The standard InChI is InChI=1S/C19H17N5OS2/c1-13-4-6-14(7-5-13)24-18-16(10-23-24)19(22-12-21-18)27-11-17(25)20-9-15-3-2-8-26-15/h2-8,10,12H,9,11H2,1H3,(H,20,25). The van der Waals surface area contributed by atoms with Gasteiger partial charge < -0.3 is 5.32 Å². The maximum Gasteiger partial charge on any atom is 0.230 e. The van der Waals surface area contributed by atoms with Crippen LogP contribution in [-0.2, 0) is 11.3 Å². The number of benzene rings is 1. The van der Waals surface area contributed by atoms with Gasteiger partial charge in [0.15, 0.2) is 5.65 Å². The predicted octanol–water partition coefficient (Wildman–Crippen LogP) is 3.59. The fraction of sp³-hybridized carbons (Fsp3) is 0.158. The van der Waals surface area contributed by atoms with Crippen molar-refractivity contribution in [3.05, 3.63) is 64.7 Å². The first-order chi connectivity index (χ1) is 13.2. The van der Waals surface area contributed by atoms with Gasteiger partial charge in [0.1, 0.15) is 11.4 Å². The average Bonchev–Trinajstić information content (AvgIpc) is 3.35. The van der Waals surface area contributed by atoms with E-state index in [0.717, 1.165) is 26.6 Å². The van der Waals surface area contributed by atoms with Crippen LogP contribution in [0, 0.1) is 6.92 Å². The zero-order chi connectivity index (χ0) is 18.6. The number of carbonyl (C=O) groups is 1. The highest BCUT2D eigenvalue weighted by Gasteiger charge is 2.13. The monoisotopic (exact) mass is 395 g/mol. The summed E-state index contributed by atoms with van der Waals surface area (Å²) < 4.78 is 1.79. The molecule has 0 aliphatic carbocycles. The van der Waals surface area contributed by atoms with Crippen LogP contribution in [0.3, 0.4) is 0 Å². The van der Waals surface area contributed by atoms with Crippen LogP contribution in [0.1, 0.15) is 10.4 Å². The Morgan fingerprint density at radius 2 is 2.07 bits per heavy atom. The van der Waals surface area contributed by atoms with E-state index in [1.165, 1.54) is 23.7 Å². The highest BCUT2D eigenvalue weighted by molar-refractivity contribution is 8.00. The number of amides is 1. The quantitative estimate of drug-likeness (QED) is 0.399. The predicted molar refractivity (Wildman–Crippen MR) is 108 cm³/mol. The van der Waals surface area contributed by atoms with Crippen LogP contribution in [0.5, 0.6) is 0 Å². The van der Waals surface area contributed by atoms with Crippen molar-refractivity contribution in [2.24, 2.45) is 0 Å². The first kappa shape index (κ1) is 17.7. The summed E-state index contributed by atoms with van der Waals surface area (Å²) >= 11 is 3.02. The molecule has 1 amide bonds. The molecule has 0 radical (unpaired) electrons. The molecule has 8 heteroatoms. The van der Waals surface area contributed by atoms with E-state index < -0.39 is 0 Å². The lowest BCUT2D eigenvalue weighted by molar-refractivity contribution is -0.118. The molecule has 1 N–H and O–H groups in total. The molecule has 0 unspecified atom stereocenters. The largest absolute Gasteiger partial charge is 0.350 e. The molecule has 4 aromatic rings. The molecule has 4 rings (SSSR count). The molecular formula is C19H17N5OS2. The molecule has 27 heavy (non-hydrogen) atoms. The van der Waals surface area contributed by atoms with Gasteiger partial charge in [-0.25, -0.2) is 14.6 Å². The summed E-state index contributed by atoms with van der Waals surface area (Å²) in [7, 11) is 0. The van der Waals surface area contributed by atoms with Gasteiger partial charge in [-0.3, -0.25) is 4.79 Å². The zero-order valence-electron chi connectivity index (χ0n) is 14.6. The molecule has 0 aliphatic heterocycles. The average molecular weight is 396 g/mol. The van der Waals surface area contributed by atoms with Crippen molar-refractivity contribution in [3.63, 3.8) is 0 Å². The Kier molecular flexibility index (Phi) is 5.17. The second kappa shape index (κ2) is 7.89. The van der Waals surface area contributed by atoms with Crippen molar-refractivity contribution in [1.82, 2.24) is 25.1 Å². The van der Waals surface area contributed by atoms with Gasteiger partial charge in [-0.15, -0.1) is 11.3 Å². The Morgan fingerprint density at radius 3 is 2.85 bits per heavy atom. The van der Waals surface area contributed by atoms with Gasteiger partial charge in [0, 0.05) is 4.88 Å². The van der Waals surface area contributed by atoms with E-state index in [0.29, 0.717) is 12.3 Å². The number of rotatable bonds is 6. The summed E-state index contributed by atoms with van der Waals surface area (Å²) in [4.78, 5) is 22.0. The van der Waals surface area contributed by atoms with Crippen molar-refractivity contribution in [2.75, 3.05) is 5.75 Å². The molecule has 0 spiro atoms. The molecular weight excluding hydrogens is 378 g/mol. The number of nitrogens with zero attached hydrogens (tertiary/aromatic N) is 4. The van der Waals surface area contributed by atoms with E-state index in [-0.39, 0.29) is 5.91 Å². The normalized spacial score (nSPS) is 11.0. The van der Waals surface area contributed by atoms with Gasteiger partial charge in [0.25, 0.3) is 0 Å². The van der Waals surface area contributed by atoms with Crippen LogP contribution in [-0.4, -0.2) is 31.4 Å².